The lowest BCUT2D eigenvalue weighted by atomic mass is 9.89. The Bertz CT molecular complexity index is 244. The molecule has 0 N–H and O–H groups in total. The van der Waals surface area contributed by atoms with Crippen molar-refractivity contribution in [2.24, 2.45) is 11.8 Å². The Morgan fingerprint density at radius 3 is 1.21 bits per heavy atom. The van der Waals surface area contributed by atoms with Crippen molar-refractivity contribution in [1.29, 1.82) is 0 Å². The molecular weight excluding hydrogens is 176 g/mol. The lowest BCUT2D eigenvalue weighted by Gasteiger charge is -2.12. The van der Waals surface area contributed by atoms with Gasteiger partial charge in [0.1, 0.15) is 0 Å². The standard InChI is InChI=1S/C12H20O2/c1-7(2)10(11(13)8(3)4)12(14)9(5)6/h8-9H,1-6H3. The molecule has 0 spiro atoms. The van der Waals surface area contributed by atoms with E-state index in [0.717, 1.165) is 5.57 Å². The van der Waals surface area contributed by atoms with Crippen molar-refractivity contribution in [2.75, 3.05) is 0 Å². The van der Waals surface area contributed by atoms with Crippen molar-refractivity contribution in [2.45, 2.75) is 41.5 Å². The number of allylic oxidation sites excluding steroid dienone is 2. The molecule has 0 radical (unpaired) electrons. The predicted octanol–water partition coefficient (Wildman–Crippen LogP) is 2.77. The Kier molecular flexibility index (Phi) is 4.75. The van der Waals surface area contributed by atoms with Crippen LogP contribution in [0.25, 0.3) is 0 Å². The molecule has 0 rings (SSSR count). The van der Waals surface area contributed by atoms with E-state index < -0.39 is 0 Å². The molecule has 14 heavy (non-hydrogen) atoms. The first-order valence-electron chi connectivity index (χ1n) is 5.04. The number of carbonyl (C=O) groups excluding carboxylic acids is 2. The fraction of sp³-hybridized carbons (Fsp3) is 0.667. The summed E-state index contributed by atoms with van der Waals surface area (Å²) >= 11 is 0. The Morgan fingerprint density at radius 2 is 1.07 bits per heavy atom. The Labute approximate surface area is 86.4 Å². The van der Waals surface area contributed by atoms with E-state index in [0.29, 0.717) is 5.57 Å². The lowest BCUT2D eigenvalue weighted by Crippen LogP contribution is -2.22. The van der Waals surface area contributed by atoms with Gasteiger partial charge in [0.2, 0.25) is 0 Å². The van der Waals surface area contributed by atoms with Crippen molar-refractivity contribution in [1.82, 2.24) is 0 Å². The van der Waals surface area contributed by atoms with E-state index in [1.807, 2.05) is 41.5 Å². The first kappa shape index (κ1) is 13.1. The van der Waals surface area contributed by atoms with Crippen molar-refractivity contribution in [3.63, 3.8) is 0 Å². The minimum atomic E-state index is -0.109. The van der Waals surface area contributed by atoms with Gasteiger partial charge in [-0.3, -0.25) is 9.59 Å². The summed E-state index contributed by atoms with van der Waals surface area (Å²) in [6.07, 6.45) is 0. The molecule has 0 atom stereocenters. The zero-order valence-corrected chi connectivity index (χ0v) is 9.97. The summed E-state index contributed by atoms with van der Waals surface area (Å²) in [7, 11) is 0. The van der Waals surface area contributed by atoms with Crippen molar-refractivity contribution in [3.8, 4) is 0 Å². The smallest absolute Gasteiger partial charge is 0.168 e. The summed E-state index contributed by atoms with van der Waals surface area (Å²) in [5, 5.41) is 0. The van der Waals surface area contributed by atoms with Gasteiger partial charge in [0.15, 0.2) is 11.6 Å². The van der Waals surface area contributed by atoms with Crippen LogP contribution in [0, 0.1) is 11.8 Å². The molecule has 0 aliphatic rings. The van der Waals surface area contributed by atoms with Gasteiger partial charge in [-0.2, -0.15) is 0 Å². The fourth-order valence-electron chi connectivity index (χ4n) is 1.19. The largest absolute Gasteiger partial charge is 0.294 e. The third-order valence-corrected chi connectivity index (χ3v) is 2.04. The molecule has 0 aliphatic heterocycles. The third-order valence-electron chi connectivity index (χ3n) is 2.04. The van der Waals surface area contributed by atoms with Crippen LogP contribution in [0.3, 0.4) is 0 Å². The summed E-state index contributed by atoms with van der Waals surface area (Å²) in [5.41, 5.74) is 1.22. The van der Waals surface area contributed by atoms with Crippen molar-refractivity contribution >= 4 is 11.6 Å². The second kappa shape index (κ2) is 5.08. The first-order chi connectivity index (χ1) is 6.29. The number of Topliss-reactive ketones (excluding diaryl/α,β-unsaturated/α-hetero) is 2. The number of ketones is 2. The maximum absolute atomic E-state index is 11.8. The molecule has 2 nitrogen and oxygen atoms in total. The van der Waals surface area contributed by atoms with Crippen molar-refractivity contribution < 1.29 is 9.59 Å². The Morgan fingerprint density at radius 1 is 0.786 bits per heavy atom. The summed E-state index contributed by atoms with van der Waals surface area (Å²) in [4.78, 5) is 23.5. The van der Waals surface area contributed by atoms with E-state index in [1.54, 1.807) is 0 Å². The minimum Gasteiger partial charge on any atom is -0.294 e. The zero-order valence-electron chi connectivity index (χ0n) is 9.97. The van der Waals surface area contributed by atoms with Gasteiger partial charge in [0.05, 0.1) is 5.57 Å². The van der Waals surface area contributed by atoms with Crippen LogP contribution in [0.15, 0.2) is 11.1 Å². The van der Waals surface area contributed by atoms with Gasteiger partial charge in [-0.25, -0.2) is 0 Å². The predicted molar refractivity (Wildman–Crippen MR) is 58.1 cm³/mol. The summed E-state index contributed by atoms with van der Waals surface area (Å²) < 4.78 is 0. The highest BCUT2D eigenvalue weighted by Gasteiger charge is 2.23. The van der Waals surface area contributed by atoms with Crippen LogP contribution in [0.5, 0.6) is 0 Å². The Hall–Kier alpha value is -0.920. The van der Waals surface area contributed by atoms with Crippen LogP contribution in [0.1, 0.15) is 41.5 Å². The molecule has 0 bridgehead atoms. The van der Waals surface area contributed by atoms with Crippen molar-refractivity contribution in [3.05, 3.63) is 11.1 Å². The van der Waals surface area contributed by atoms with Crippen LogP contribution >= 0.6 is 0 Å². The monoisotopic (exact) mass is 196 g/mol. The molecule has 0 saturated carbocycles. The average molecular weight is 196 g/mol. The van der Waals surface area contributed by atoms with Crippen LogP contribution in [-0.2, 0) is 9.59 Å². The topological polar surface area (TPSA) is 34.1 Å². The normalized spacial score (nSPS) is 10.6. The maximum Gasteiger partial charge on any atom is 0.168 e. The van der Waals surface area contributed by atoms with E-state index in [-0.39, 0.29) is 23.4 Å². The molecule has 0 amide bonds. The lowest BCUT2D eigenvalue weighted by molar-refractivity contribution is -0.124. The fourth-order valence-corrected chi connectivity index (χ4v) is 1.19. The van der Waals surface area contributed by atoms with E-state index in [2.05, 4.69) is 0 Å². The molecule has 0 aromatic heterocycles. The van der Waals surface area contributed by atoms with Crippen LogP contribution in [-0.4, -0.2) is 11.6 Å². The SMILES string of the molecule is CC(C)=C(C(=O)C(C)C)C(=O)C(C)C. The number of rotatable bonds is 4. The number of hydrogen-bond donors (Lipinski definition) is 0. The van der Waals surface area contributed by atoms with Crippen LogP contribution in [0.2, 0.25) is 0 Å². The highest BCUT2D eigenvalue weighted by atomic mass is 16.1. The molecule has 2 heteroatoms. The van der Waals surface area contributed by atoms with Gasteiger partial charge in [0.25, 0.3) is 0 Å². The summed E-state index contributed by atoms with van der Waals surface area (Å²) in [6.45, 7) is 10.9. The van der Waals surface area contributed by atoms with Gasteiger partial charge in [0, 0.05) is 11.8 Å². The molecule has 0 saturated heterocycles. The highest BCUT2D eigenvalue weighted by Crippen LogP contribution is 2.16. The summed E-state index contributed by atoms with van der Waals surface area (Å²) in [6, 6.07) is 0. The highest BCUT2D eigenvalue weighted by molar-refractivity contribution is 6.21. The average Bonchev–Trinajstić information content (AvgIpc) is 2.03. The number of hydrogen-bond acceptors (Lipinski definition) is 2. The second-order valence-corrected chi connectivity index (χ2v) is 4.41. The van der Waals surface area contributed by atoms with E-state index in [4.69, 9.17) is 0 Å². The molecule has 0 aliphatic carbocycles. The molecular formula is C12H20O2. The van der Waals surface area contributed by atoms with Crippen LogP contribution < -0.4 is 0 Å². The molecule has 0 aromatic carbocycles. The van der Waals surface area contributed by atoms with Gasteiger partial charge in [-0.05, 0) is 13.8 Å². The van der Waals surface area contributed by atoms with Gasteiger partial charge in [-0.1, -0.05) is 33.3 Å². The first-order valence-corrected chi connectivity index (χ1v) is 5.04. The maximum atomic E-state index is 11.8. The second-order valence-electron chi connectivity index (χ2n) is 4.41. The molecule has 0 fully saturated rings. The van der Waals surface area contributed by atoms with Crippen LogP contribution in [0.4, 0.5) is 0 Å². The zero-order chi connectivity index (χ0) is 11.5. The third kappa shape index (κ3) is 3.09. The van der Waals surface area contributed by atoms with Gasteiger partial charge in [-0.15, -0.1) is 0 Å². The van der Waals surface area contributed by atoms with E-state index in [9.17, 15) is 9.59 Å². The molecule has 0 aromatic rings. The summed E-state index contributed by atoms with van der Waals surface area (Å²) in [5.74, 6) is -0.294. The van der Waals surface area contributed by atoms with Gasteiger partial charge < -0.3 is 0 Å². The molecule has 0 unspecified atom stereocenters. The van der Waals surface area contributed by atoms with Gasteiger partial charge >= 0.3 is 0 Å². The minimum absolute atomic E-state index is 0.0382. The molecule has 80 valence electrons. The molecule has 0 heterocycles. The Balaban J connectivity index is 5.11. The number of carbonyl (C=O) groups is 2. The van der Waals surface area contributed by atoms with E-state index >= 15 is 0 Å². The van der Waals surface area contributed by atoms with E-state index in [1.165, 1.54) is 0 Å². The quantitative estimate of drug-likeness (QED) is 0.393.